The minimum Gasteiger partial charge on any atom is -0.308 e. The second kappa shape index (κ2) is 6.87. The van der Waals surface area contributed by atoms with Gasteiger partial charge in [-0.05, 0) is 47.0 Å². The van der Waals surface area contributed by atoms with Crippen molar-refractivity contribution in [3.63, 3.8) is 0 Å². The van der Waals surface area contributed by atoms with E-state index in [1.54, 1.807) is 6.33 Å². The number of para-hydroxylation sites is 3. The summed E-state index contributed by atoms with van der Waals surface area (Å²) in [5.41, 5.74) is 9.51. The van der Waals surface area contributed by atoms with Crippen LogP contribution in [-0.4, -0.2) is 14.4 Å². The van der Waals surface area contributed by atoms with E-state index in [1.807, 2.05) is 6.20 Å². The van der Waals surface area contributed by atoms with Gasteiger partial charge >= 0.3 is 0 Å². The van der Waals surface area contributed by atoms with Crippen molar-refractivity contribution in [3.05, 3.63) is 116 Å². The molecule has 162 valence electrons. The molecule has 0 saturated carbocycles. The molecule has 0 spiro atoms. The van der Waals surface area contributed by atoms with Crippen molar-refractivity contribution < 1.29 is 0 Å². The largest absolute Gasteiger partial charge is 0.308 e. The molecule has 0 N–H and O–H groups in total. The maximum Gasteiger partial charge on any atom is 0.116 e. The van der Waals surface area contributed by atoms with Crippen LogP contribution in [0.5, 0.6) is 0 Å². The fourth-order valence-corrected chi connectivity index (χ4v) is 5.73. The molecule has 5 aromatic carbocycles. The molecule has 0 aliphatic heterocycles. The van der Waals surface area contributed by atoms with Crippen molar-refractivity contribution in [1.82, 2.24) is 14.4 Å². The van der Waals surface area contributed by atoms with E-state index in [0.29, 0.717) is 0 Å². The molecular formula is C32H19N3. The molecule has 35 heavy (non-hydrogen) atoms. The van der Waals surface area contributed by atoms with E-state index in [1.165, 1.54) is 49.2 Å². The average molecular weight is 446 g/mol. The highest BCUT2D eigenvalue weighted by Crippen LogP contribution is 2.42. The number of hydrogen-bond acceptors (Lipinski definition) is 2. The topological polar surface area (TPSA) is 30.2 Å². The fraction of sp³-hybridized carbons (Fsp3) is 0. The predicted molar refractivity (Wildman–Crippen MR) is 145 cm³/mol. The Labute approximate surface area is 201 Å². The van der Waals surface area contributed by atoms with Crippen LogP contribution in [0.3, 0.4) is 0 Å². The van der Waals surface area contributed by atoms with Crippen LogP contribution in [0.25, 0.3) is 71.3 Å². The summed E-state index contributed by atoms with van der Waals surface area (Å²) in [6.07, 6.45) is 3.50. The summed E-state index contributed by atoms with van der Waals surface area (Å²) >= 11 is 0. The van der Waals surface area contributed by atoms with Gasteiger partial charge in [-0.25, -0.2) is 9.97 Å². The summed E-state index contributed by atoms with van der Waals surface area (Å²) in [5, 5.41) is 6.23. The van der Waals surface area contributed by atoms with E-state index in [9.17, 15) is 0 Å². The molecule has 0 radical (unpaired) electrons. The van der Waals surface area contributed by atoms with Crippen LogP contribution in [-0.2, 0) is 0 Å². The van der Waals surface area contributed by atoms with Gasteiger partial charge in [-0.3, -0.25) is 0 Å². The van der Waals surface area contributed by atoms with Gasteiger partial charge < -0.3 is 4.40 Å². The zero-order chi connectivity index (χ0) is 22.9. The Hall–Kier alpha value is -4.76. The molecule has 0 atom stereocenters. The van der Waals surface area contributed by atoms with Gasteiger partial charge in [0.2, 0.25) is 0 Å². The summed E-state index contributed by atoms with van der Waals surface area (Å²) in [6.45, 7) is 0. The SMILES string of the molecule is c1cc(-c2cc3c4ccccc4n4c5ccccc5c(c2)c34)cc(-c2cccc3cncnc23)c1. The molecule has 3 aromatic heterocycles. The highest BCUT2D eigenvalue weighted by Gasteiger charge is 2.18. The highest BCUT2D eigenvalue weighted by atomic mass is 14.9. The Morgan fingerprint density at radius 1 is 0.543 bits per heavy atom. The lowest BCUT2D eigenvalue weighted by Crippen LogP contribution is -1.87. The van der Waals surface area contributed by atoms with E-state index in [2.05, 4.69) is 117 Å². The molecule has 0 aliphatic carbocycles. The molecule has 0 amide bonds. The third-order valence-corrected chi connectivity index (χ3v) is 7.25. The highest BCUT2D eigenvalue weighted by molar-refractivity contribution is 6.24. The third-order valence-electron chi connectivity index (χ3n) is 7.25. The molecular weight excluding hydrogens is 426 g/mol. The zero-order valence-corrected chi connectivity index (χ0v) is 18.8. The first-order chi connectivity index (χ1) is 17.4. The van der Waals surface area contributed by atoms with Crippen LogP contribution >= 0.6 is 0 Å². The van der Waals surface area contributed by atoms with Crippen molar-refractivity contribution in [3.8, 4) is 22.3 Å². The molecule has 0 fully saturated rings. The quantitative estimate of drug-likeness (QED) is 0.269. The van der Waals surface area contributed by atoms with Crippen LogP contribution in [0.1, 0.15) is 0 Å². The van der Waals surface area contributed by atoms with Crippen molar-refractivity contribution in [2.24, 2.45) is 0 Å². The first-order valence-corrected chi connectivity index (χ1v) is 11.8. The monoisotopic (exact) mass is 445 g/mol. The molecule has 8 aromatic rings. The van der Waals surface area contributed by atoms with Gasteiger partial charge in [-0.1, -0.05) is 72.8 Å². The van der Waals surface area contributed by atoms with Gasteiger partial charge in [0.15, 0.2) is 0 Å². The lowest BCUT2D eigenvalue weighted by Gasteiger charge is -2.09. The normalized spacial score (nSPS) is 12.0. The van der Waals surface area contributed by atoms with Gasteiger partial charge in [0.05, 0.1) is 22.1 Å². The van der Waals surface area contributed by atoms with Crippen LogP contribution in [0.2, 0.25) is 0 Å². The second-order valence-corrected chi connectivity index (χ2v) is 9.14. The molecule has 0 unspecified atom stereocenters. The fourth-order valence-electron chi connectivity index (χ4n) is 5.73. The Kier molecular flexibility index (Phi) is 3.66. The third kappa shape index (κ3) is 2.55. The van der Waals surface area contributed by atoms with Gasteiger partial charge in [0, 0.05) is 38.7 Å². The van der Waals surface area contributed by atoms with Gasteiger partial charge in [-0.2, -0.15) is 0 Å². The molecule has 0 saturated heterocycles. The number of hydrogen-bond donors (Lipinski definition) is 0. The first kappa shape index (κ1) is 18.6. The summed E-state index contributed by atoms with van der Waals surface area (Å²) in [4.78, 5) is 8.76. The Morgan fingerprint density at radius 2 is 1.23 bits per heavy atom. The van der Waals surface area contributed by atoms with E-state index >= 15 is 0 Å². The summed E-state index contributed by atoms with van der Waals surface area (Å²) < 4.78 is 2.42. The molecule has 0 aliphatic rings. The van der Waals surface area contributed by atoms with Crippen molar-refractivity contribution in [1.29, 1.82) is 0 Å². The van der Waals surface area contributed by atoms with Gasteiger partial charge in [-0.15, -0.1) is 0 Å². The number of rotatable bonds is 2. The average Bonchev–Trinajstić information content (AvgIpc) is 3.44. The van der Waals surface area contributed by atoms with E-state index < -0.39 is 0 Å². The molecule has 8 rings (SSSR count). The number of fused-ring (bicyclic) bond motifs is 7. The minimum absolute atomic E-state index is 0.978. The maximum atomic E-state index is 4.57. The van der Waals surface area contributed by atoms with Crippen molar-refractivity contribution >= 4 is 49.0 Å². The Morgan fingerprint density at radius 3 is 2.00 bits per heavy atom. The predicted octanol–water partition coefficient (Wildman–Crippen LogP) is 8.11. The molecule has 3 heterocycles. The first-order valence-electron chi connectivity index (χ1n) is 11.8. The van der Waals surface area contributed by atoms with E-state index in [0.717, 1.165) is 22.0 Å². The summed E-state index contributed by atoms with van der Waals surface area (Å²) in [7, 11) is 0. The zero-order valence-electron chi connectivity index (χ0n) is 18.8. The Bertz CT molecular complexity index is 1980. The van der Waals surface area contributed by atoms with Crippen molar-refractivity contribution in [2.75, 3.05) is 0 Å². The summed E-state index contributed by atoms with van der Waals surface area (Å²) in [6, 6.07) is 37.2. The molecule has 0 bridgehead atoms. The lowest BCUT2D eigenvalue weighted by atomic mass is 9.95. The van der Waals surface area contributed by atoms with E-state index in [4.69, 9.17) is 0 Å². The Balaban J connectivity index is 1.43. The number of aromatic nitrogens is 3. The van der Waals surface area contributed by atoms with Crippen molar-refractivity contribution in [2.45, 2.75) is 0 Å². The van der Waals surface area contributed by atoms with Gasteiger partial charge in [0.1, 0.15) is 6.33 Å². The molecule has 3 nitrogen and oxygen atoms in total. The molecule has 3 heteroatoms. The van der Waals surface area contributed by atoms with Crippen LogP contribution in [0.4, 0.5) is 0 Å². The van der Waals surface area contributed by atoms with Crippen LogP contribution in [0, 0.1) is 0 Å². The summed E-state index contributed by atoms with van der Waals surface area (Å²) in [5.74, 6) is 0. The maximum absolute atomic E-state index is 4.57. The standard InChI is InChI=1S/C32H19N3/c1-3-13-29-25(10-1)27-16-23(17-28-26-11-2-4-14-30(26)35(29)32(27)28)20-7-5-8-21(15-20)24-12-6-9-22-18-33-19-34-31(22)24/h1-19H. The smallest absolute Gasteiger partial charge is 0.116 e. The van der Waals surface area contributed by atoms with Gasteiger partial charge in [0.25, 0.3) is 0 Å². The second-order valence-electron chi connectivity index (χ2n) is 9.14. The lowest BCUT2D eigenvalue weighted by molar-refractivity contribution is 1.22. The van der Waals surface area contributed by atoms with Crippen LogP contribution in [0.15, 0.2) is 116 Å². The number of benzene rings is 5. The minimum atomic E-state index is 0.978. The van der Waals surface area contributed by atoms with E-state index in [-0.39, 0.29) is 0 Å². The van der Waals surface area contributed by atoms with Crippen LogP contribution < -0.4 is 0 Å². The number of nitrogens with zero attached hydrogens (tertiary/aromatic N) is 3.